The lowest BCUT2D eigenvalue weighted by atomic mass is 9.88. The Kier molecular flexibility index (Phi) is 6.22. The second-order valence-corrected chi connectivity index (χ2v) is 5.17. The van der Waals surface area contributed by atoms with Crippen molar-refractivity contribution in [2.75, 3.05) is 6.54 Å². The molecule has 1 aromatic rings. The summed E-state index contributed by atoms with van der Waals surface area (Å²) in [6.45, 7) is 7.05. The molecule has 4 heteroatoms. The van der Waals surface area contributed by atoms with Gasteiger partial charge in [-0.1, -0.05) is 39.7 Å². The second-order valence-electron chi connectivity index (χ2n) is 4.38. The molecule has 0 aliphatic rings. The Balaban J connectivity index is 3.17. The van der Waals surface area contributed by atoms with Crippen molar-refractivity contribution in [3.63, 3.8) is 0 Å². The van der Waals surface area contributed by atoms with E-state index >= 15 is 0 Å². The molecule has 0 saturated carbocycles. The van der Waals surface area contributed by atoms with E-state index in [0.29, 0.717) is 5.92 Å². The molecule has 0 amide bonds. The standard InChI is InChI=1S/C14H20BrF2N/c1-4-9(5-2)14(18-6-3)10-7-8-11(16)13(17)12(10)15/h7-9,14,18H,4-6H2,1-3H3. The summed E-state index contributed by atoms with van der Waals surface area (Å²) in [6.07, 6.45) is 2.00. The van der Waals surface area contributed by atoms with Gasteiger partial charge in [0.25, 0.3) is 0 Å². The second kappa shape index (κ2) is 7.19. The van der Waals surface area contributed by atoms with Gasteiger partial charge in [-0.3, -0.25) is 0 Å². The molecule has 1 atom stereocenters. The maximum absolute atomic E-state index is 13.6. The van der Waals surface area contributed by atoms with E-state index in [1.54, 1.807) is 6.07 Å². The van der Waals surface area contributed by atoms with Crippen LogP contribution in [0.2, 0.25) is 0 Å². The Morgan fingerprint density at radius 2 is 1.78 bits per heavy atom. The summed E-state index contributed by atoms with van der Waals surface area (Å²) >= 11 is 3.17. The fourth-order valence-corrected chi connectivity index (χ4v) is 2.86. The predicted octanol–water partition coefficient (Wildman–Crippen LogP) is 4.81. The number of hydrogen-bond donors (Lipinski definition) is 1. The number of nitrogens with one attached hydrogen (secondary N) is 1. The predicted molar refractivity (Wildman–Crippen MR) is 74.5 cm³/mol. The van der Waals surface area contributed by atoms with Gasteiger partial charge in [-0.15, -0.1) is 0 Å². The fourth-order valence-electron chi connectivity index (χ4n) is 2.29. The Hall–Kier alpha value is -0.480. The summed E-state index contributed by atoms with van der Waals surface area (Å²) in [5, 5.41) is 3.37. The zero-order valence-corrected chi connectivity index (χ0v) is 12.7. The third kappa shape index (κ3) is 3.29. The maximum Gasteiger partial charge on any atom is 0.173 e. The van der Waals surface area contributed by atoms with Crippen molar-refractivity contribution in [2.24, 2.45) is 5.92 Å². The first kappa shape index (κ1) is 15.6. The molecule has 0 heterocycles. The van der Waals surface area contributed by atoms with Gasteiger partial charge < -0.3 is 5.32 Å². The van der Waals surface area contributed by atoms with Crippen LogP contribution in [-0.4, -0.2) is 6.54 Å². The monoisotopic (exact) mass is 319 g/mol. The molecule has 1 unspecified atom stereocenters. The Morgan fingerprint density at radius 1 is 1.17 bits per heavy atom. The molecule has 0 aromatic heterocycles. The molecule has 0 bridgehead atoms. The van der Waals surface area contributed by atoms with Crippen LogP contribution in [0.4, 0.5) is 8.78 Å². The third-order valence-electron chi connectivity index (χ3n) is 3.34. The first-order valence-corrected chi connectivity index (χ1v) is 7.22. The van der Waals surface area contributed by atoms with Crippen LogP contribution in [0.5, 0.6) is 0 Å². The highest BCUT2D eigenvalue weighted by atomic mass is 79.9. The highest BCUT2D eigenvalue weighted by molar-refractivity contribution is 9.10. The van der Waals surface area contributed by atoms with Crippen LogP contribution in [0.3, 0.4) is 0 Å². The summed E-state index contributed by atoms with van der Waals surface area (Å²) in [7, 11) is 0. The minimum absolute atomic E-state index is 0.0504. The largest absolute Gasteiger partial charge is 0.310 e. The van der Waals surface area contributed by atoms with Crippen LogP contribution in [0.15, 0.2) is 16.6 Å². The molecule has 1 aromatic carbocycles. The lowest BCUT2D eigenvalue weighted by Gasteiger charge is -2.27. The van der Waals surface area contributed by atoms with E-state index in [1.165, 1.54) is 6.07 Å². The molecular formula is C14H20BrF2N. The summed E-state index contributed by atoms with van der Waals surface area (Å²) < 4.78 is 27.0. The lowest BCUT2D eigenvalue weighted by molar-refractivity contribution is 0.343. The van der Waals surface area contributed by atoms with Crippen LogP contribution >= 0.6 is 15.9 Å². The SMILES string of the molecule is CCNC(c1ccc(F)c(F)c1Br)C(CC)CC. The molecule has 0 saturated heterocycles. The molecule has 18 heavy (non-hydrogen) atoms. The van der Waals surface area contributed by atoms with Crippen LogP contribution in [-0.2, 0) is 0 Å². The maximum atomic E-state index is 13.6. The fraction of sp³-hybridized carbons (Fsp3) is 0.571. The Bertz CT molecular complexity index is 392. The average molecular weight is 320 g/mol. The van der Waals surface area contributed by atoms with Gasteiger partial charge in [-0.25, -0.2) is 8.78 Å². The Labute approximate surface area is 116 Å². The van der Waals surface area contributed by atoms with Crippen molar-refractivity contribution in [3.05, 3.63) is 33.8 Å². The van der Waals surface area contributed by atoms with E-state index in [4.69, 9.17) is 0 Å². The van der Waals surface area contributed by atoms with Crippen molar-refractivity contribution >= 4 is 15.9 Å². The molecule has 0 aliphatic heterocycles. The van der Waals surface area contributed by atoms with Crippen molar-refractivity contribution in [1.82, 2.24) is 5.32 Å². The van der Waals surface area contributed by atoms with Gasteiger partial charge in [0.1, 0.15) is 0 Å². The molecule has 102 valence electrons. The normalized spacial score (nSPS) is 13.1. The van der Waals surface area contributed by atoms with E-state index < -0.39 is 11.6 Å². The molecule has 1 N–H and O–H groups in total. The van der Waals surface area contributed by atoms with Crippen molar-refractivity contribution in [3.8, 4) is 0 Å². The molecule has 0 spiro atoms. The minimum atomic E-state index is -0.814. The van der Waals surface area contributed by atoms with Crippen LogP contribution < -0.4 is 5.32 Å². The van der Waals surface area contributed by atoms with Gasteiger partial charge in [0.2, 0.25) is 0 Å². The zero-order chi connectivity index (χ0) is 13.7. The van der Waals surface area contributed by atoms with Crippen molar-refractivity contribution in [1.29, 1.82) is 0 Å². The van der Waals surface area contributed by atoms with Crippen LogP contribution in [0.1, 0.15) is 45.2 Å². The first-order valence-electron chi connectivity index (χ1n) is 6.43. The minimum Gasteiger partial charge on any atom is -0.310 e. The van der Waals surface area contributed by atoms with Gasteiger partial charge in [-0.2, -0.15) is 0 Å². The van der Waals surface area contributed by atoms with Gasteiger partial charge in [0.15, 0.2) is 11.6 Å². The number of hydrogen-bond acceptors (Lipinski definition) is 1. The smallest absolute Gasteiger partial charge is 0.173 e. The Morgan fingerprint density at radius 3 is 2.28 bits per heavy atom. The summed E-state index contributed by atoms with van der Waals surface area (Å²) in [5.74, 6) is -1.21. The molecule has 1 nitrogen and oxygen atoms in total. The molecular weight excluding hydrogens is 300 g/mol. The summed E-state index contributed by atoms with van der Waals surface area (Å²) in [6, 6.07) is 2.91. The molecule has 1 rings (SSSR count). The summed E-state index contributed by atoms with van der Waals surface area (Å²) in [4.78, 5) is 0. The van der Waals surface area contributed by atoms with E-state index in [1.807, 2.05) is 6.92 Å². The van der Waals surface area contributed by atoms with Crippen molar-refractivity contribution in [2.45, 2.75) is 39.7 Å². The number of benzene rings is 1. The third-order valence-corrected chi connectivity index (χ3v) is 4.15. The van der Waals surface area contributed by atoms with E-state index in [2.05, 4.69) is 35.1 Å². The highest BCUT2D eigenvalue weighted by Gasteiger charge is 2.24. The summed E-state index contributed by atoms with van der Waals surface area (Å²) in [5.41, 5.74) is 0.796. The topological polar surface area (TPSA) is 12.0 Å². The van der Waals surface area contributed by atoms with Crippen molar-refractivity contribution < 1.29 is 8.78 Å². The highest BCUT2D eigenvalue weighted by Crippen LogP contribution is 2.34. The number of halogens is 3. The molecule has 0 aliphatic carbocycles. The van der Waals surface area contributed by atoms with E-state index in [0.717, 1.165) is 24.9 Å². The lowest BCUT2D eigenvalue weighted by Crippen LogP contribution is -2.28. The van der Waals surface area contributed by atoms with Gasteiger partial charge in [-0.05, 0) is 40.0 Å². The van der Waals surface area contributed by atoms with E-state index in [-0.39, 0.29) is 10.5 Å². The first-order chi connectivity index (χ1) is 8.56. The molecule has 0 fully saturated rings. The van der Waals surface area contributed by atoms with Gasteiger partial charge >= 0.3 is 0 Å². The van der Waals surface area contributed by atoms with Gasteiger partial charge in [0, 0.05) is 6.04 Å². The van der Waals surface area contributed by atoms with Crippen LogP contribution in [0, 0.1) is 17.6 Å². The van der Waals surface area contributed by atoms with E-state index in [9.17, 15) is 8.78 Å². The quantitative estimate of drug-likeness (QED) is 0.742. The van der Waals surface area contributed by atoms with Crippen LogP contribution in [0.25, 0.3) is 0 Å². The zero-order valence-electron chi connectivity index (χ0n) is 11.1. The average Bonchev–Trinajstić information content (AvgIpc) is 2.37. The van der Waals surface area contributed by atoms with Gasteiger partial charge in [0.05, 0.1) is 4.47 Å². The molecule has 0 radical (unpaired) electrons. The number of rotatable bonds is 6.